The summed E-state index contributed by atoms with van der Waals surface area (Å²) >= 11 is 6.35. The summed E-state index contributed by atoms with van der Waals surface area (Å²) in [6, 6.07) is 8.58. The normalized spacial score (nSPS) is 29.1. The SMILES string of the molecule is C=CC1C=NC(c2ccc(C3CCC(CC(=O)O)CC3)cc2)=CC1Cl. The molecule has 4 heteroatoms. The van der Waals surface area contributed by atoms with Crippen LogP contribution < -0.4 is 0 Å². The fourth-order valence-electron chi connectivity index (χ4n) is 3.79. The van der Waals surface area contributed by atoms with E-state index >= 15 is 0 Å². The van der Waals surface area contributed by atoms with Crippen LogP contribution in [0.5, 0.6) is 0 Å². The Morgan fingerprint density at radius 2 is 1.92 bits per heavy atom. The summed E-state index contributed by atoms with van der Waals surface area (Å²) in [6.45, 7) is 3.78. The molecule has 25 heavy (non-hydrogen) atoms. The van der Waals surface area contributed by atoms with Gasteiger partial charge in [0.2, 0.25) is 0 Å². The Morgan fingerprint density at radius 1 is 1.24 bits per heavy atom. The minimum Gasteiger partial charge on any atom is -0.481 e. The molecule has 3 nitrogen and oxygen atoms in total. The molecule has 1 fully saturated rings. The molecule has 2 atom stereocenters. The molecule has 2 aliphatic rings. The number of benzene rings is 1. The third-order valence-corrected chi connectivity index (χ3v) is 5.75. The summed E-state index contributed by atoms with van der Waals surface area (Å²) < 4.78 is 0. The van der Waals surface area contributed by atoms with Gasteiger partial charge in [0.05, 0.1) is 11.1 Å². The molecule has 0 spiro atoms. The maximum absolute atomic E-state index is 10.8. The van der Waals surface area contributed by atoms with E-state index in [1.165, 1.54) is 5.56 Å². The minimum absolute atomic E-state index is 0.0886. The summed E-state index contributed by atoms with van der Waals surface area (Å²) in [5.74, 6) is 0.290. The lowest BCUT2D eigenvalue weighted by Crippen LogP contribution is -2.16. The van der Waals surface area contributed by atoms with Gasteiger partial charge in [-0.1, -0.05) is 30.3 Å². The van der Waals surface area contributed by atoms with Gasteiger partial charge in [-0.05, 0) is 54.7 Å². The number of carboxylic acids is 1. The first-order valence-electron chi connectivity index (χ1n) is 8.91. The molecule has 0 saturated heterocycles. The number of aliphatic imine (C=N–C) groups is 1. The second kappa shape index (κ2) is 8.01. The first-order valence-corrected chi connectivity index (χ1v) is 9.35. The zero-order valence-corrected chi connectivity index (χ0v) is 15.0. The van der Waals surface area contributed by atoms with Gasteiger partial charge in [-0.25, -0.2) is 0 Å². The van der Waals surface area contributed by atoms with Gasteiger partial charge in [-0.3, -0.25) is 9.79 Å². The summed E-state index contributed by atoms with van der Waals surface area (Å²) in [5, 5.41) is 8.82. The van der Waals surface area contributed by atoms with E-state index in [1.54, 1.807) is 0 Å². The predicted molar refractivity (Wildman–Crippen MR) is 103 cm³/mol. The van der Waals surface area contributed by atoms with E-state index < -0.39 is 5.97 Å². The van der Waals surface area contributed by atoms with Crippen LogP contribution >= 0.6 is 11.6 Å². The number of hydrogen-bond acceptors (Lipinski definition) is 2. The van der Waals surface area contributed by atoms with E-state index in [2.05, 4.69) is 35.8 Å². The van der Waals surface area contributed by atoms with Crippen LogP contribution in [0.4, 0.5) is 0 Å². The first kappa shape index (κ1) is 17.9. The molecule has 1 aromatic rings. The van der Waals surface area contributed by atoms with Crippen molar-refractivity contribution in [2.24, 2.45) is 16.8 Å². The zero-order chi connectivity index (χ0) is 17.8. The highest BCUT2D eigenvalue weighted by atomic mass is 35.5. The maximum atomic E-state index is 10.8. The highest BCUT2D eigenvalue weighted by Crippen LogP contribution is 2.37. The van der Waals surface area contributed by atoms with Crippen molar-refractivity contribution in [1.82, 2.24) is 0 Å². The van der Waals surface area contributed by atoms with Gasteiger partial charge in [0.1, 0.15) is 0 Å². The van der Waals surface area contributed by atoms with Gasteiger partial charge in [-0.2, -0.15) is 0 Å². The molecule has 1 saturated carbocycles. The molecule has 1 aromatic carbocycles. The fourth-order valence-corrected chi connectivity index (χ4v) is 4.08. The summed E-state index contributed by atoms with van der Waals surface area (Å²) in [5.41, 5.74) is 3.33. The summed E-state index contributed by atoms with van der Waals surface area (Å²) in [7, 11) is 0. The Balaban J connectivity index is 1.63. The smallest absolute Gasteiger partial charge is 0.303 e. The zero-order valence-electron chi connectivity index (χ0n) is 14.3. The van der Waals surface area contributed by atoms with Gasteiger partial charge in [-0.15, -0.1) is 18.2 Å². The number of rotatable bonds is 5. The second-order valence-corrected chi connectivity index (χ2v) is 7.53. The monoisotopic (exact) mass is 357 g/mol. The molecule has 1 aliphatic carbocycles. The number of allylic oxidation sites excluding steroid dienone is 2. The van der Waals surface area contributed by atoms with Crippen LogP contribution in [-0.4, -0.2) is 22.7 Å². The van der Waals surface area contributed by atoms with Crippen molar-refractivity contribution in [3.8, 4) is 0 Å². The Labute approximate surface area is 154 Å². The Kier molecular flexibility index (Phi) is 5.74. The number of carbonyl (C=O) groups is 1. The molecule has 0 aromatic heterocycles. The average Bonchev–Trinajstić information content (AvgIpc) is 2.62. The third kappa shape index (κ3) is 4.40. The van der Waals surface area contributed by atoms with Crippen molar-refractivity contribution in [2.75, 3.05) is 0 Å². The van der Waals surface area contributed by atoms with Gasteiger partial charge in [0, 0.05) is 18.6 Å². The van der Waals surface area contributed by atoms with Crippen molar-refractivity contribution < 1.29 is 9.90 Å². The number of hydrogen-bond donors (Lipinski definition) is 1. The van der Waals surface area contributed by atoms with Crippen LogP contribution in [0.2, 0.25) is 0 Å². The highest BCUT2D eigenvalue weighted by Gasteiger charge is 2.24. The number of alkyl halides is 1. The van der Waals surface area contributed by atoms with Crippen molar-refractivity contribution >= 4 is 29.5 Å². The number of carboxylic acid groups (broad SMARTS) is 1. The van der Waals surface area contributed by atoms with Gasteiger partial charge >= 0.3 is 5.97 Å². The lowest BCUT2D eigenvalue weighted by molar-refractivity contribution is -0.138. The highest BCUT2D eigenvalue weighted by molar-refractivity contribution is 6.24. The van der Waals surface area contributed by atoms with Crippen LogP contribution in [0.15, 0.2) is 48.0 Å². The number of nitrogens with zero attached hydrogens (tertiary/aromatic N) is 1. The van der Waals surface area contributed by atoms with Crippen LogP contribution in [0.25, 0.3) is 5.70 Å². The number of halogens is 1. The van der Waals surface area contributed by atoms with Crippen molar-refractivity contribution in [1.29, 1.82) is 0 Å². The molecule has 0 bridgehead atoms. The largest absolute Gasteiger partial charge is 0.481 e. The van der Waals surface area contributed by atoms with Crippen molar-refractivity contribution in [3.63, 3.8) is 0 Å². The fraction of sp³-hybridized carbons (Fsp3) is 0.429. The van der Waals surface area contributed by atoms with Gasteiger partial charge < -0.3 is 5.11 Å². The molecule has 1 heterocycles. The van der Waals surface area contributed by atoms with Crippen LogP contribution in [0.3, 0.4) is 0 Å². The van der Waals surface area contributed by atoms with E-state index in [0.717, 1.165) is 36.9 Å². The Hall–Kier alpha value is -1.87. The summed E-state index contributed by atoms with van der Waals surface area (Å²) in [6.07, 6.45) is 10.1. The summed E-state index contributed by atoms with van der Waals surface area (Å²) in [4.78, 5) is 15.3. The molecular weight excluding hydrogens is 334 g/mol. The second-order valence-electron chi connectivity index (χ2n) is 7.03. The quantitative estimate of drug-likeness (QED) is 0.576. The molecule has 1 aliphatic heterocycles. The first-order chi connectivity index (χ1) is 12.1. The molecule has 1 N–H and O–H groups in total. The average molecular weight is 358 g/mol. The van der Waals surface area contributed by atoms with E-state index in [0.29, 0.717) is 18.3 Å². The van der Waals surface area contributed by atoms with E-state index in [1.807, 2.05) is 18.4 Å². The van der Waals surface area contributed by atoms with Gasteiger partial charge in [0.25, 0.3) is 0 Å². The van der Waals surface area contributed by atoms with Crippen molar-refractivity contribution in [2.45, 2.75) is 43.4 Å². The van der Waals surface area contributed by atoms with Crippen LogP contribution in [-0.2, 0) is 4.79 Å². The van der Waals surface area contributed by atoms with E-state index in [-0.39, 0.29) is 11.3 Å². The molecule has 0 amide bonds. The third-order valence-electron chi connectivity index (χ3n) is 5.33. The topological polar surface area (TPSA) is 49.7 Å². The standard InChI is InChI=1S/C21H24ClNO2/c1-2-15-13-23-20(12-19(15)22)18-9-7-17(8-10-18)16-5-3-14(4-6-16)11-21(24)25/h2,7-10,12-16,19H,1,3-6,11H2,(H,24,25). The number of aliphatic carboxylic acids is 1. The lowest BCUT2D eigenvalue weighted by atomic mass is 9.77. The molecular formula is C21H24ClNO2. The van der Waals surface area contributed by atoms with Gasteiger partial charge in [0.15, 0.2) is 0 Å². The maximum Gasteiger partial charge on any atom is 0.303 e. The van der Waals surface area contributed by atoms with Crippen molar-refractivity contribution in [3.05, 3.63) is 54.1 Å². The minimum atomic E-state index is -0.676. The van der Waals surface area contributed by atoms with Crippen LogP contribution in [0, 0.1) is 11.8 Å². The molecule has 132 valence electrons. The molecule has 2 unspecified atom stereocenters. The molecule has 0 radical (unpaired) electrons. The Bertz CT molecular complexity index is 684. The van der Waals surface area contributed by atoms with E-state index in [4.69, 9.17) is 16.7 Å². The van der Waals surface area contributed by atoms with E-state index in [9.17, 15) is 4.79 Å². The lowest BCUT2D eigenvalue weighted by Gasteiger charge is -2.28. The Morgan fingerprint density at radius 3 is 2.48 bits per heavy atom. The predicted octanol–water partition coefficient (Wildman–Crippen LogP) is 5.27. The van der Waals surface area contributed by atoms with Crippen LogP contribution in [0.1, 0.15) is 49.1 Å². The molecule has 3 rings (SSSR count).